The fraction of sp³-hybridized carbons (Fsp3) is 0.444. The van der Waals surface area contributed by atoms with E-state index in [9.17, 15) is 4.79 Å². The van der Waals surface area contributed by atoms with Crippen molar-refractivity contribution >= 4 is 11.3 Å². The van der Waals surface area contributed by atoms with E-state index >= 15 is 0 Å². The maximum absolute atomic E-state index is 11.3. The molecule has 0 atom stereocenters. The molecule has 1 heterocycles. The van der Waals surface area contributed by atoms with E-state index in [2.05, 4.69) is 6.58 Å². The van der Waals surface area contributed by atoms with Gasteiger partial charge < -0.3 is 0 Å². The van der Waals surface area contributed by atoms with Gasteiger partial charge in [0.05, 0.1) is 0 Å². The quantitative estimate of drug-likeness (QED) is 0.644. The van der Waals surface area contributed by atoms with E-state index in [1.54, 1.807) is 4.57 Å². The summed E-state index contributed by atoms with van der Waals surface area (Å²) in [5.41, 5.74) is 2.08. The number of hydrogen-bond acceptors (Lipinski definition) is 2. The third-order valence-electron chi connectivity index (χ3n) is 1.80. The van der Waals surface area contributed by atoms with Gasteiger partial charge in [-0.15, -0.1) is 0 Å². The maximum atomic E-state index is 11.3. The summed E-state index contributed by atoms with van der Waals surface area (Å²) >= 11 is 1.30. The highest BCUT2D eigenvalue weighted by molar-refractivity contribution is 7.09. The summed E-state index contributed by atoms with van der Waals surface area (Å²) in [6.45, 7) is 10.3. The Balaban J connectivity index is 3.14. The average molecular weight is 183 g/mol. The van der Waals surface area contributed by atoms with Gasteiger partial charge in [-0.2, -0.15) is 0 Å². The lowest BCUT2D eigenvalue weighted by atomic mass is 10.3. The molecule has 0 saturated heterocycles. The SMILES string of the molecule is C=C(C)Cn1c(C)c(C)sc1=O. The van der Waals surface area contributed by atoms with Crippen molar-refractivity contribution in [2.24, 2.45) is 0 Å². The zero-order valence-corrected chi connectivity index (χ0v) is 8.49. The third kappa shape index (κ3) is 1.67. The predicted octanol–water partition coefficient (Wildman–Crippen LogP) is 2.10. The fourth-order valence-corrected chi connectivity index (χ4v) is 1.87. The lowest BCUT2D eigenvalue weighted by Crippen LogP contribution is -2.14. The zero-order chi connectivity index (χ0) is 9.30. The van der Waals surface area contributed by atoms with Gasteiger partial charge in [-0.05, 0) is 20.8 Å². The third-order valence-corrected chi connectivity index (χ3v) is 2.80. The summed E-state index contributed by atoms with van der Waals surface area (Å²) in [5, 5.41) is 0. The zero-order valence-electron chi connectivity index (χ0n) is 7.68. The minimum absolute atomic E-state index is 0.119. The average Bonchev–Trinajstić information content (AvgIpc) is 2.16. The number of allylic oxidation sites excluding steroid dienone is 1. The van der Waals surface area contributed by atoms with Crippen molar-refractivity contribution in [2.45, 2.75) is 27.3 Å². The molecule has 0 saturated carbocycles. The van der Waals surface area contributed by atoms with Crippen molar-refractivity contribution in [1.29, 1.82) is 0 Å². The van der Waals surface area contributed by atoms with Crippen LogP contribution in [0.3, 0.4) is 0 Å². The summed E-state index contributed by atoms with van der Waals surface area (Å²) in [6, 6.07) is 0. The number of rotatable bonds is 2. The van der Waals surface area contributed by atoms with Crippen LogP contribution in [0.5, 0.6) is 0 Å². The summed E-state index contributed by atoms with van der Waals surface area (Å²) in [7, 11) is 0. The molecular formula is C9H13NOS. The lowest BCUT2D eigenvalue weighted by Gasteiger charge is -2.02. The predicted molar refractivity (Wildman–Crippen MR) is 52.9 cm³/mol. The molecule has 0 bridgehead atoms. The van der Waals surface area contributed by atoms with Crippen molar-refractivity contribution < 1.29 is 0 Å². The van der Waals surface area contributed by atoms with Crippen LogP contribution in [-0.2, 0) is 6.54 Å². The second-order valence-electron chi connectivity index (χ2n) is 3.05. The lowest BCUT2D eigenvalue weighted by molar-refractivity contribution is 0.741. The molecule has 0 fully saturated rings. The second kappa shape index (κ2) is 3.27. The number of hydrogen-bond donors (Lipinski definition) is 0. The van der Waals surface area contributed by atoms with Gasteiger partial charge in [0.25, 0.3) is 0 Å². The van der Waals surface area contributed by atoms with E-state index in [4.69, 9.17) is 0 Å². The Morgan fingerprint density at radius 3 is 2.50 bits per heavy atom. The summed E-state index contributed by atoms with van der Waals surface area (Å²) < 4.78 is 1.77. The largest absolute Gasteiger partial charge is 0.307 e. The Morgan fingerprint density at radius 1 is 1.58 bits per heavy atom. The highest BCUT2D eigenvalue weighted by Gasteiger charge is 2.06. The van der Waals surface area contributed by atoms with Crippen molar-refractivity contribution in [3.05, 3.63) is 32.4 Å². The Kier molecular flexibility index (Phi) is 2.52. The number of nitrogens with zero attached hydrogens (tertiary/aromatic N) is 1. The minimum Gasteiger partial charge on any atom is -0.299 e. The van der Waals surface area contributed by atoms with E-state index in [1.165, 1.54) is 11.3 Å². The van der Waals surface area contributed by atoms with Gasteiger partial charge in [0.2, 0.25) is 0 Å². The molecule has 12 heavy (non-hydrogen) atoms. The van der Waals surface area contributed by atoms with Crippen LogP contribution in [0.1, 0.15) is 17.5 Å². The Bertz CT molecular complexity index is 359. The summed E-state index contributed by atoms with van der Waals surface area (Å²) in [4.78, 5) is 12.6. The molecule has 2 nitrogen and oxygen atoms in total. The van der Waals surface area contributed by atoms with Gasteiger partial charge in [0, 0.05) is 17.1 Å². The summed E-state index contributed by atoms with van der Waals surface area (Å²) in [5.74, 6) is 0. The molecule has 0 spiro atoms. The van der Waals surface area contributed by atoms with Crippen LogP contribution in [0, 0.1) is 13.8 Å². The maximum Gasteiger partial charge on any atom is 0.307 e. The minimum atomic E-state index is 0.119. The van der Waals surface area contributed by atoms with Gasteiger partial charge in [-0.25, -0.2) is 0 Å². The Morgan fingerprint density at radius 2 is 2.17 bits per heavy atom. The number of aromatic nitrogens is 1. The molecular weight excluding hydrogens is 170 g/mol. The van der Waals surface area contributed by atoms with Crippen LogP contribution in [0.25, 0.3) is 0 Å². The first-order valence-corrected chi connectivity index (χ1v) is 4.65. The molecule has 0 aliphatic heterocycles. The molecule has 1 aromatic rings. The molecule has 1 rings (SSSR count). The van der Waals surface area contributed by atoms with Crippen LogP contribution in [0.2, 0.25) is 0 Å². The normalized spacial score (nSPS) is 10.2. The summed E-state index contributed by atoms with van der Waals surface area (Å²) in [6.07, 6.45) is 0. The topological polar surface area (TPSA) is 22.0 Å². The highest BCUT2D eigenvalue weighted by atomic mass is 32.1. The Hall–Kier alpha value is -0.830. The fourth-order valence-electron chi connectivity index (χ4n) is 1.04. The van der Waals surface area contributed by atoms with E-state index < -0.39 is 0 Å². The van der Waals surface area contributed by atoms with E-state index in [1.807, 2.05) is 20.8 Å². The second-order valence-corrected chi connectivity index (χ2v) is 4.22. The van der Waals surface area contributed by atoms with Gasteiger partial charge >= 0.3 is 4.87 Å². The first kappa shape index (κ1) is 9.26. The van der Waals surface area contributed by atoms with Crippen LogP contribution in [-0.4, -0.2) is 4.57 Å². The van der Waals surface area contributed by atoms with Crippen molar-refractivity contribution in [3.8, 4) is 0 Å². The molecule has 66 valence electrons. The monoisotopic (exact) mass is 183 g/mol. The number of aryl methyl sites for hydroxylation is 1. The van der Waals surface area contributed by atoms with E-state index in [0.29, 0.717) is 6.54 Å². The first-order chi connectivity index (χ1) is 5.52. The van der Waals surface area contributed by atoms with Gasteiger partial charge in [0.15, 0.2) is 0 Å². The Labute approximate surface area is 76.2 Å². The van der Waals surface area contributed by atoms with Crippen molar-refractivity contribution in [2.75, 3.05) is 0 Å². The van der Waals surface area contributed by atoms with Gasteiger partial charge in [-0.3, -0.25) is 9.36 Å². The van der Waals surface area contributed by atoms with Crippen LogP contribution in [0.4, 0.5) is 0 Å². The molecule has 0 N–H and O–H groups in total. The standard InChI is InChI=1S/C9H13NOS/c1-6(2)5-10-7(3)8(4)12-9(10)11/h1,5H2,2-4H3. The highest BCUT2D eigenvalue weighted by Crippen LogP contribution is 2.10. The first-order valence-electron chi connectivity index (χ1n) is 3.83. The molecule has 0 amide bonds. The molecule has 0 aliphatic rings. The molecule has 0 aromatic carbocycles. The van der Waals surface area contributed by atoms with Crippen LogP contribution >= 0.6 is 11.3 Å². The van der Waals surface area contributed by atoms with E-state index in [0.717, 1.165) is 16.1 Å². The number of thiazole rings is 1. The molecule has 0 unspecified atom stereocenters. The molecule has 0 radical (unpaired) electrons. The van der Waals surface area contributed by atoms with E-state index in [-0.39, 0.29) is 4.87 Å². The van der Waals surface area contributed by atoms with Crippen molar-refractivity contribution in [1.82, 2.24) is 4.57 Å². The van der Waals surface area contributed by atoms with Gasteiger partial charge in [-0.1, -0.05) is 23.5 Å². The van der Waals surface area contributed by atoms with Crippen molar-refractivity contribution in [3.63, 3.8) is 0 Å². The molecule has 3 heteroatoms. The smallest absolute Gasteiger partial charge is 0.299 e. The van der Waals surface area contributed by atoms with Gasteiger partial charge in [0.1, 0.15) is 0 Å². The molecule has 0 aliphatic carbocycles. The molecule has 1 aromatic heterocycles. The van der Waals surface area contributed by atoms with Crippen LogP contribution in [0.15, 0.2) is 16.9 Å². The van der Waals surface area contributed by atoms with Crippen LogP contribution < -0.4 is 4.87 Å².